The average Bonchev–Trinajstić information content (AvgIpc) is 2.06. The fourth-order valence-corrected chi connectivity index (χ4v) is 1.06. The summed E-state index contributed by atoms with van der Waals surface area (Å²) in [5.41, 5.74) is 8.01. The molecule has 1 amide bonds. The van der Waals surface area contributed by atoms with Gasteiger partial charge in [-0.25, -0.2) is 0 Å². The lowest BCUT2D eigenvalue weighted by Crippen LogP contribution is -2.13. The number of rotatable bonds is 3. The number of nitrogens with one attached hydrogen (secondary N) is 1. The average molecular weight is 162 g/mol. The summed E-state index contributed by atoms with van der Waals surface area (Å²) in [6, 6.07) is 9.77. The molecule has 2 heteroatoms. The van der Waals surface area contributed by atoms with E-state index < -0.39 is 5.91 Å². The van der Waals surface area contributed by atoms with Crippen molar-refractivity contribution in [1.29, 1.82) is 0 Å². The van der Waals surface area contributed by atoms with Crippen molar-refractivity contribution in [2.75, 3.05) is 0 Å². The Morgan fingerprint density at radius 3 is 2.50 bits per heavy atom. The fraction of sp³-hybridized carbons (Fsp3) is 0.300. The minimum atomic E-state index is -0.487. The summed E-state index contributed by atoms with van der Waals surface area (Å²) in [6.07, 6.45) is 0.670. The summed E-state index contributed by atoms with van der Waals surface area (Å²) in [6.45, 7) is 1.78. The van der Waals surface area contributed by atoms with Gasteiger partial charge in [0, 0.05) is 5.92 Å². The van der Waals surface area contributed by atoms with Gasteiger partial charge in [0.25, 0.3) is 0 Å². The zero-order valence-electron chi connectivity index (χ0n) is 7.08. The second kappa shape index (κ2) is 3.90. The van der Waals surface area contributed by atoms with Crippen molar-refractivity contribution in [3.63, 3.8) is 0 Å². The number of hydrogen-bond donors (Lipinski definition) is 0. The molecule has 1 rings (SSSR count). The summed E-state index contributed by atoms with van der Waals surface area (Å²) in [5, 5.41) is 0. The standard InChI is InChI=1S/C10H12NO/c1-8(10(11)12)7-9-5-3-2-4-6-9/h2-6,8,11H,7H2,1H3. The van der Waals surface area contributed by atoms with Gasteiger partial charge in [-0.15, -0.1) is 0 Å². The zero-order chi connectivity index (χ0) is 8.97. The molecule has 0 spiro atoms. The van der Waals surface area contributed by atoms with Gasteiger partial charge < -0.3 is 0 Å². The van der Waals surface area contributed by atoms with E-state index >= 15 is 0 Å². The van der Waals surface area contributed by atoms with Crippen LogP contribution in [-0.2, 0) is 11.2 Å². The molecule has 1 unspecified atom stereocenters. The minimum Gasteiger partial charge on any atom is -0.273 e. The Kier molecular flexibility index (Phi) is 2.86. The SMILES string of the molecule is CC(Cc1ccccc1)C([NH])=O. The van der Waals surface area contributed by atoms with Crippen molar-refractivity contribution in [3.05, 3.63) is 35.9 Å². The number of carbonyl (C=O) groups is 1. The van der Waals surface area contributed by atoms with E-state index in [0.717, 1.165) is 5.56 Å². The Morgan fingerprint density at radius 1 is 1.42 bits per heavy atom. The molecule has 1 radical (unpaired) electrons. The molecule has 0 bridgehead atoms. The summed E-state index contributed by atoms with van der Waals surface area (Å²) in [7, 11) is 0. The maximum absolute atomic E-state index is 10.6. The molecule has 12 heavy (non-hydrogen) atoms. The Bertz CT molecular complexity index is 256. The van der Waals surface area contributed by atoms with Gasteiger partial charge in [-0.3, -0.25) is 10.5 Å². The molecule has 0 saturated carbocycles. The Morgan fingerprint density at radius 2 is 2.00 bits per heavy atom. The molecule has 1 atom stereocenters. The fourth-order valence-electron chi connectivity index (χ4n) is 1.06. The van der Waals surface area contributed by atoms with Gasteiger partial charge >= 0.3 is 0 Å². The van der Waals surface area contributed by atoms with Gasteiger partial charge in [0.1, 0.15) is 0 Å². The van der Waals surface area contributed by atoms with E-state index in [1.165, 1.54) is 0 Å². The predicted octanol–water partition coefficient (Wildman–Crippen LogP) is 1.67. The first-order valence-electron chi connectivity index (χ1n) is 3.99. The van der Waals surface area contributed by atoms with Gasteiger partial charge in [0.15, 0.2) is 0 Å². The van der Waals surface area contributed by atoms with Crippen molar-refractivity contribution in [1.82, 2.24) is 5.73 Å². The number of amides is 1. The normalized spacial score (nSPS) is 12.4. The third-order valence-electron chi connectivity index (χ3n) is 1.83. The largest absolute Gasteiger partial charge is 0.273 e. The van der Waals surface area contributed by atoms with E-state index in [1.807, 2.05) is 30.3 Å². The van der Waals surface area contributed by atoms with Crippen LogP contribution in [0.1, 0.15) is 12.5 Å². The third kappa shape index (κ3) is 2.38. The van der Waals surface area contributed by atoms with E-state index in [-0.39, 0.29) is 5.92 Å². The quantitative estimate of drug-likeness (QED) is 0.666. The van der Waals surface area contributed by atoms with Crippen LogP contribution >= 0.6 is 0 Å². The Labute approximate surface area is 72.4 Å². The van der Waals surface area contributed by atoms with Crippen LogP contribution in [0, 0.1) is 5.92 Å². The van der Waals surface area contributed by atoms with E-state index in [1.54, 1.807) is 6.92 Å². The van der Waals surface area contributed by atoms with Crippen molar-refractivity contribution in [2.45, 2.75) is 13.3 Å². The third-order valence-corrected chi connectivity index (χ3v) is 1.83. The van der Waals surface area contributed by atoms with Gasteiger partial charge in [-0.2, -0.15) is 0 Å². The molecule has 0 aliphatic rings. The number of benzene rings is 1. The second-order valence-corrected chi connectivity index (χ2v) is 2.96. The van der Waals surface area contributed by atoms with Crippen molar-refractivity contribution < 1.29 is 4.79 Å². The zero-order valence-corrected chi connectivity index (χ0v) is 7.08. The summed E-state index contributed by atoms with van der Waals surface area (Å²) in [5.74, 6) is -0.675. The van der Waals surface area contributed by atoms with Crippen LogP contribution < -0.4 is 5.73 Å². The molecule has 1 aromatic carbocycles. The smallest absolute Gasteiger partial charge is 0.241 e. The number of hydrogen-bond acceptors (Lipinski definition) is 1. The topological polar surface area (TPSA) is 40.9 Å². The van der Waals surface area contributed by atoms with Gasteiger partial charge in [-0.05, 0) is 12.0 Å². The lowest BCUT2D eigenvalue weighted by molar-refractivity contribution is -0.121. The van der Waals surface area contributed by atoms with Crippen LogP contribution in [0.4, 0.5) is 0 Å². The van der Waals surface area contributed by atoms with Gasteiger partial charge in [-0.1, -0.05) is 37.3 Å². The molecule has 0 saturated heterocycles. The highest BCUT2D eigenvalue weighted by molar-refractivity contribution is 5.75. The van der Waals surface area contributed by atoms with Crippen molar-refractivity contribution in [3.8, 4) is 0 Å². The molecule has 0 aliphatic carbocycles. The predicted molar refractivity (Wildman–Crippen MR) is 47.4 cm³/mol. The summed E-state index contributed by atoms with van der Waals surface area (Å²) in [4.78, 5) is 10.6. The lowest BCUT2D eigenvalue weighted by Gasteiger charge is -2.05. The maximum atomic E-state index is 10.6. The number of carbonyl (C=O) groups excluding carboxylic acids is 1. The summed E-state index contributed by atoms with van der Waals surface area (Å²) < 4.78 is 0. The van der Waals surface area contributed by atoms with E-state index in [0.29, 0.717) is 6.42 Å². The molecular weight excluding hydrogens is 150 g/mol. The minimum absolute atomic E-state index is 0.188. The Hall–Kier alpha value is -1.31. The highest BCUT2D eigenvalue weighted by atomic mass is 16.1. The lowest BCUT2D eigenvalue weighted by atomic mass is 10.0. The second-order valence-electron chi connectivity index (χ2n) is 2.96. The van der Waals surface area contributed by atoms with Gasteiger partial charge in [0.2, 0.25) is 5.91 Å². The molecule has 1 N–H and O–H groups in total. The monoisotopic (exact) mass is 162 g/mol. The molecule has 0 aromatic heterocycles. The van der Waals surface area contributed by atoms with Crippen LogP contribution in [0.3, 0.4) is 0 Å². The van der Waals surface area contributed by atoms with Crippen LogP contribution in [0.5, 0.6) is 0 Å². The first-order valence-corrected chi connectivity index (χ1v) is 3.99. The van der Waals surface area contributed by atoms with Crippen molar-refractivity contribution in [2.24, 2.45) is 5.92 Å². The van der Waals surface area contributed by atoms with Crippen LogP contribution in [-0.4, -0.2) is 5.91 Å². The maximum Gasteiger partial charge on any atom is 0.241 e. The molecule has 1 aromatic rings. The van der Waals surface area contributed by atoms with Gasteiger partial charge in [0.05, 0.1) is 0 Å². The highest BCUT2D eigenvalue weighted by Gasteiger charge is 2.09. The molecule has 0 heterocycles. The molecule has 2 nitrogen and oxygen atoms in total. The van der Waals surface area contributed by atoms with E-state index in [2.05, 4.69) is 0 Å². The van der Waals surface area contributed by atoms with E-state index in [4.69, 9.17) is 5.73 Å². The van der Waals surface area contributed by atoms with Crippen LogP contribution in [0.15, 0.2) is 30.3 Å². The first kappa shape index (κ1) is 8.78. The molecule has 0 fully saturated rings. The molecule has 63 valence electrons. The van der Waals surface area contributed by atoms with E-state index in [9.17, 15) is 4.79 Å². The summed E-state index contributed by atoms with van der Waals surface area (Å²) >= 11 is 0. The molecule has 0 aliphatic heterocycles. The Balaban J connectivity index is 2.58. The highest BCUT2D eigenvalue weighted by Crippen LogP contribution is 2.07. The first-order chi connectivity index (χ1) is 5.70. The van der Waals surface area contributed by atoms with Crippen molar-refractivity contribution >= 4 is 5.91 Å². The van der Waals surface area contributed by atoms with Crippen LogP contribution in [0.25, 0.3) is 0 Å². The molecular formula is C10H12NO. The van der Waals surface area contributed by atoms with Crippen LogP contribution in [0.2, 0.25) is 0 Å².